The van der Waals surface area contributed by atoms with Gasteiger partial charge in [0.1, 0.15) is 41.3 Å². The number of para-hydroxylation sites is 1. The number of halogens is 2. The molecule has 3 amide bonds. The van der Waals surface area contributed by atoms with E-state index in [0.717, 1.165) is 62.9 Å². The molecule has 0 unspecified atom stereocenters. The van der Waals surface area contributed by atoms with Crippen molar-refractivity contribution in [3.63, 3.8) is 0 Å². The number of nitrogens with zero attached hydrogens (tertiary/aromatic N) is 5. The number of allylic oxidation sites excluding steroid dienone is 4. The van der Waals surface area contributed by atoms with Crippen LogP contribution in [0.1, 0.15) is 45.4 Å². The van der Waals surface area contributed by atoms with Crippen LogP contribution >= 0.6 is 0 Å². The van der Waals surface area contributed by atoms with Crippen molar-refractivity contribution < 1.29 is 27.8 Å². The van der Waals surface area contributed by atoms with E-state index in [1.165, 1.54) is 12.1 Å². The lowest BCUT2D eigenvalue weighted by Gasteiger charge is -2.26. The van der Waals surface area contributed by atoms with Crippen molar-refractivity contribution in [3.05, 3.63) is 120 Å². The number of rotatable bonds is 14. The van der Waals surface area contributed by atoms with E-state index in [4.69, 9.17) is 20.3 Å². The van der Waals surface area contributed by atoms with E-state index in [2.05, 4.69) is 21.8 Å². The van der Waals surface area contributed by atoms with Crippen LogP contribution in [0.25, 0.3) is 17.0 Å². The van der Waals surface area contributed by atoms with Gasteiger partial charge in [0.25, 0.3) is 0 Å². The number of aromatic nitrogens is 3. The summed E-state index contributed by atoms with van der Waals surface area (Å²) < 4.78 is 42.4. The van der Waals surface area contributed by atoms with E-state index in [1.54, 1.807) is 41.1 Å². The number of pyridine rings is 1. The van der Waals surface area contributed by atoms with Gasteiger partial charge in [-0.1, -0.05) is 64.6 Å². The largest absolute Gasteiger partial charge is 0.493 e. The predicted octanol–water partition coefficient (Wildman–Crippen LogP) is 7.59. The number of nitrogens with one attached hydrogen (secondary N) is 1. The Morgan fingerprint density at radius 1 is 1.04 bits per heavy atom. The summed E-state index contributed by atoms with van der Waals surface area (Å²) in [5.74, 6) is -1.10. The van der Waals surface area contributed by atoms with Crippen LogP contribution in [-0.2, 0) is 26.1 Å². The van der Waals surface area contributed by atoms with E-state index in [9.17, 15) is 18.4 Å². The molecule has 3 heterocycles. The van der Waals surface area contributed by atoms with Crippen LogP contribution in [0.15, 0.2) is 97.3 Å². The number of primary amides is 1. The van der Waals surface area contributed by atoms with Crippen LogP contribution in [-0.4, -0.2) is 71.1 Å². The number of nitrogens with two attached hydrogens (primary N) is 1. The molecule has 11 nitrogen and oxygen atoms in total. The molecule has 284 valence electrons. The van der Waals surface area contributed by atoms with Crippen molar-refractivity contribution in [2.24, 2.45) is 5.73 Å². The van der Waals surface area contributed by atoms with Crippen LogP contribution in [0.5, 0.6) is 0 Å². The lowest BCUT2D eigenvalue weighted by molar-refractivity contribution is -0.115. The van der Waals surface area contributed by atoms with Crippen molar-refractivity contribution in [1.29, 1.82) is 0 Å². The normalized spacial score (nSPS) is 13.9. The van der Waals surface area contributed by atoms with E-state index in [0.29, 0.717) is 39.8 Å². The summed E-state index contributed by atoms with van der Waals surface area (Å²) in [5, 5.41) is 7.79. The smallest absolute Gasteiger partial charge is 0.325 e. The highest BCUT2D eigenvalue weighted by molar-refractivity contribution is 5.98. The van der Waals surface area contributed by atoms with Gasteiger partial charge < -0.3 is 20.5 Å². The molecule has 13 heteroatoms. The maximum absolute atomic E-state index is 14.6. The average Bonchev–Trinajstić information content (AvgIpc) is 3.57. The second-order valence-corrected chi connectivity index (χ2v) is 13.8. The third-order valence-electron chi connectivity index (χ3n) is 8.58. The molecule has 3 N–H and O–H groups in total. The zero-order chi connectivity index (χ0) is 38.8. The highest BCUT2D eigenvalue weighted by atomic mass is 19.1. The fourth-order valence-corrected chi connectivity index (χ4v) is 5.76. The van der Waals surface area contributed by atoms with Crippen LogP contribution in [0.2, 0.25) is 0 Å². The van der Waals surface area contributed by atoms with Gasteiger partial charge in [-0.15, -0.1) is 0 Å². The number of hydrogen-bond donors (Lipinski definition) is 2. The fourth-order valence-electron chi connectivity index (χ4n) is 5.76. The van der Waals surface area contributed by atoms with Crippen LogP contribution < -0.4 is 16.0 Å². The molecule has 1 aliphatic rings. The number of morpholine rings is 1. The van der Waals surface area contributed by atoms with Crippen molar-refractivity contribution >= 4 is 35.0 Å². The van der Waals surface area contributed by atoms with Crippen molar-refractivity contribution in [3.8, 4) is 11.3 Å². The van der Waals surface area contributed by atoms with Gasteiger partial charge in [0.05, 0.1) is 36.7 Å². The summed E-state index contributed by atoms with van der Waals surface area (Å²) >= 11 is 0. The molecular weight excluding hydrogens is 692 g/mol. The van der Waals surface area contributed by atoms with E-state index in [1.807, 2.05) is 52.0 Å². The average molecular weight is 740 g/mol. The second-order valence-electron chi connectivity index (χ2n) is 13.8. The van der Waals surface area contributed by atoms with Gasteiger partial charge >= 0.3 is 6.03 Å². The number of urea groups is 1. The molecule has 0 bridgehead atoms. The molecule has 4 aromatic rings. The molecule has 0 atom stereocenters. The highest BCUT2D eigenvalue weighted by Crippen LogP contribution is 2.31. The number of benzene rings is 2. The lowest BCUT2D eigenvalue weighted by atomic mass is 9.92. The SMILES string of the molecule is C=C(C=CC(=CCC)OCCN1CCOCC1)n1nc(C(C)(C)C)cc1NC(=O)Cc1cccc(-c2cccc(N(C(N)=O)c3c(F)cccc3F)n2)c1. The predicted molar refractivity (Wildman–Crippen MR) is 207 cm³/mol. The zero-order valence-electron chi connectivity index (χ0n) is 31.1. The standard InChI is InChI=1S/C41H47F2N7O4/c1-6-10-31(54-24-21-48-19-22-53-23-20-48)18-17-28(2)50-37(27-35(47-50)41(3,4)5)46-38(51)26-29-11-7-12-30(25-29)34-15-9-16-36(45-34)49(40(44)52)39-32(42)13-8-14-33(39)43/h7-18,25,27H,2,6,19-24,26H2,1,3-5H3,(H2,44,52)(H,46,51). The zero-order valence-corrected chi connectivity index (χ0v) is 31.1. The minimum Gasteiger partial charge on any atom is -0.493 e. The second kappa shape index (κ2) is 17.9. The number of carbonyl (C=O) groups is 2. The minimum atomic E-state index is -1.10. The number of hydrogen-bond acceptors (Lipinski definition) is 7. The Bertz CT molecular complexity index is 2010. The molecule has 54 heavy (non-hydrogen) atoms. The Morgan fingerprint density at radius 2 is 1.74 bits per heavy atom. The Balaban J connectivity index is 1.31. The third-order valence-corrected chi connectivity index (χ3v) is 8.58. The summed E-state index contributed by atoms with van der Waals surface area (Å²) in [6.07, 6.45) is 6.49. The van der Waals surface area contributed by atoms with Crippen molar-refractivity contribution in [2.45, 2.75) is 46.0 Å². The van der Waals surface area contributed by atoms with E-state index >= 15 is 0 Å². The minimum absolute atomic E-state index is 0.0140. The van der Waals surface area contributed by atoms with E-state index < -0.39 is 23.4 Å². The summed E-state index contributed by atoms with van der Waals surface area (Å²) in [7, 11) is 0. The fraction of sp³-hybridized carbons (Fsp3) is 0.317. The molecule has 0 radical (unpaired) electrons. The molecule has 0 spiro atoms. The Kier molecular flexibility index (Phi) is 13.1. The highest BCUT2D eigenvalue weighted by Gasteiger charge is 2.25. The molecule has 5 rings (SSSR count). The van der Waals surface area contributed by atoms with Gasteiger partial charge in [-0.2, -0.15) is 5.10 Å². The summed E-state index contributed by atoms with van der Waals surface area (Å²) in [6.45, 7) is 17.0. The first-order valence-electron chi connectivity index (χ1n) is 17.8. The van der Waals surface area contributed by atoms with Crippen LogP contribution in [0, 0.1) is 11.6 Å². The molecule has 1 saturated heterocycles. The maximum atomic E-state index is 14.6. The van der Waals surface area contributed by atoms with Crippen LogP contribution in [0.4, 0.5) is 30.9 Å². The van der Waals surface area contributed by atoms with Gasteiger partial charge in [-0.05, 0) is 60.5 Å². The first-order valence-corrected chi connectivity index (χ1v) is 17.8. The van der Waals surface area contributed by atoms with Gasteiger partial charge in [0, 0.05) is 36.7 Å². The summed E-state index contributed by atoms with van der Waals surface area (Å²) in [5.41, 5.74) is 7.61. The Labute approximate surface area is 314 Å². The Hall–Kier alpha value is -5.66. The molecule has 0 saturated carbocycles. The number of carbonyl (C=O) groups excluding carboxylic acids is 2. The van der Waals surface area contributed by atoms with Crippen molar-refractivity contribution in [2.75, 3.05) is 49.7 Å². The van der Waals surface area contributed by atoms with Crippen LogP contribution in [0.3, 0.4) is 0 Å². The molecule has 0 aliphatic carbocycles. The first kappa shape index (κ1) is 39.5. The van der Waals surface area contributed by atoms with E-state index in [-0.39, 0.29) is 23.6 Å². The number of ether oxygens (including phenoxy) is 2. The number of amides is 3. The van der Waals surface area contributed by atoms with Gasteiger partial charge in [0.15, 0.2) is 0 Å². The summed E-state index contributed by atoms with van der Waals surface area (Å²) in [6, 6.07) is 15.8. The molecule has 2 aromatic heterocycles. The molecule has 2 aromatic carbocycles. The lowest BCUT2D eigenvalue weighted by Crippen LogP contribution is -2.38. The van der Waals surface area contributed by atoms with Gasteiger partial charge in [-0.3, -0.25) is 9.69 Å². The third kappa shape index (κ3) is 10.3. The Morgan fingerprint density at radius 3 is 2.43 bits per heavy atom. The molecular formula is C41H47F2N7O4. The van der Waals surface area contributed by atoms with Crippen molar-refractivity contribution in [1.82, 2.24) is 19.7 Å². The topological polar surface area (TPSA) is 128 Å². The monoisotopic (exact) mass is 739 g/mol. The molecule has 1 aliphatic heterocycles. The number of anilines is 3. The maximum Gasteiger partial charge on any atom is 0.325 e. The molecule has 1 fully saturated rings. The quantitative estimate of drug-likeness (QED) is 0.101. The van der Waals surface area contributed by atoms with Gasteiger partial charge in [-0.25, -0.2) is 28.1 Å². The van der Waals surface area contributed by atoms with Gasteiger partial charge in [0.2, 0.25) is 5.91 Å². The first-order chi connectivity index (χ1) is 25.8. The summed E-state index contributed by atoms with van der Waals surface area (Å²) in [4.78, 5) is 33.4.